The Morgan fingerprint density at radius 1 is 1.10 bits per heavy atom. The van der Waals surface area contributed by atoms with Gasteiger partial charge in [0.25, 0.3) is 0 Å². The zero-order valence-electron chi connectivity index (χ0n) is 11.8. The molecule has 110 valence electrons. The summed E-state index contributed by atoms with van der Waals surface area (Å²) in [5.41, 5.74) is 1.18. The highest BCUT2D eigenvalue weighted by atomic mass is 35.5. The van der Waals surface area contributed by atoms with Crippen molar-refractivity contribution in [2.45, 2.75) is 6.61 Å². The summed E-state index contributed by atoms with van der Waals surface area (Å²) >= 11 is 5.86. The average Bonchev–Trinajstić information content (AvgIpc) is 2.52. The maximum atomic E-state index is 12.1. The molecular formula is C16H15ClO4. The second-order valence-corrected chi connectivity index (χ2v) is 4.71. The van der Waals surface area contributed by atoms with Gasteiger partial charge in [-0.3, -0.25) is 0 Å². The van der Waals surface area contributed by atoms with E-state index in [-0.39, 0.29) is 6.61 Å². The van der Waals surface area contributed by atoms with E-state index in [0.29, 0.717) is 22.1 Å². The van der Waals surface area contributed by atoms with Crippen molar-refractivity contribution >= 4 is 17.6 Å². The normalized spacial score (nSPS) is 10.0. The standard InChI is InChI=1S/C16H15ClO4/c1-19-13-5-3-4-11(8-13)10-21-16(18)14-7-6-12(17)9-15(14)20-2/h3-9H,10H2,1-2H3. The van der Waals surface area contributed by atoms with Crippen LogP contribution in [0, 0.1) is 0 Å². The molecule has 0 bridgehead atoms. The Balaban J connectivity index is 2.08. The first-order chi connectivity index (χ1) is 10.1. The van der Waals surface area contributed by atoms with Gasteiger partial charge in [-0.1, -0.05) is 23.7 Å². The van der Waals surface area contributed by atoms with Gasteiger partial charge in [-0.05, 0) is 35.9 Å². The Bertz CT molecular complexity index is 640. The van der Waals surface area contributed by atoms with Gasteiger partial charge in [-0.25, -0.2) is 4.79 Å². The topological polar surface area (TPSA) is 44.8 Å². The number of benzene rings is 2. The summed E-state index contributed by atoms with van der Waals surface area (Å²) in [6.45, 7) is 0.155. The lowest BCUT2D eigenvalue weighted by molar-refractivity contribution is 0.0469. The predicted molar refractivity (Wildman–Crippen MR) is 80.1 cm³/mol. The molecule has 21 heavy (non-hydrogen) atoms. The lowest BCUT2D eigenvalue weighted by atomic mass is 10.2. The number of rotatable bonds is 5. The van der Waals surface area contributed by atoms with E-state index in [1.165, 1.54) is 7.11 Å². The Labute approximate surface area is 128 Å². The van der Waals surface area contributed by atoms with Crippen LogP contribution in [0.15, 0.2) is 42.5 Å². The van der Waals surface area contributed by atoms with Gasteiger partial charge in [-0.2, -0.15) is 0 Å². The van der Waals surface area contributed by atoms with E-state index in [0.717, 1.165) is 5.56 Å². The van der Waals surface area contributed by atoms with Crippen molar-refractivity contribution in [3.05, 3.63) is 58.6 Å². The zero-order chi connectivity index (χ0) is 15.2. The Kier molecular flexibility index (Phi) is 5.06. The largest absolute Gasteiger partial charge is 0.497 e. The maximum absolute atomic E-state index is 12.1. The third-order valence-electron chi connectivity index (χ3n) is 2.89. The van der Waals surface area contributed by atoms with Crippen LogP contribution in [0.25, 0.3) is 0 Å². The molecule has 0 unspecified atom stereocenters. The van der Waals surface area contributed by atoms with Crippen molar-refractivity contribution in [1.82, 2.24) is 0 Å². The summed E-state index contributed by atoms with van der Waals surface area (Å²) < 4.78 is 15.5. The molecule has 5 heteroatoms. The molecule has 0 radical (unpaired) electrons. The molecule has 0 heterocycles. The summed E-state index contributed by atoms with van der Waals surface area (Å²) in [5.74, 6) is 0.636. The van der Waals surface area contributed by atoms with Crippen molar-refractivity contribution in [2.75, 3.05) is 14.2 Å². The third-order valence-corrected chi connectivity index (χ3v) is 3.12. The van der Waals surface area contributed by atoms with Crippen LogP contribution in [0.4, 0.5) is 0 Å². The fourth-order valence-electron chi connectivity index (χ4n) is 1.82. The first-order valence-electron chi connectivity index (χ1n) is 6.27. The summed E-state index contributed by atoms with van der Waals surface area (Å²) in [5, 5.41) is 0.496. The molecule has 0 atom stereocenters. The van der Waals surface area contributed by atoms with Gasteiger partial charge in [0.05, 0.1) is 14.2 Å². The molecule has 0 aromatic heterocycles. The van der Waals surface area contributed by atoms with Crippen LogP contribution in [0.3, 0.4) is 0 Å². The number of hydrogen-bond donors (Lipinski definition) is 0. The lowest BCUT2D eigenvalue weighted by Crippen LogP contribution is -2.07. The van der Waals surface area contributed by atoms with Crippen molar-refractivity contribution in [1.29, 1.82) is 0 Å². The van der Waals surface area contributed by atoms with Crippen molar-refractivity contribution in [3.63, 3.8) is 0 Å². The van der Waals surface area contributed by atoms with E-state index in [2.05, 4.69) is 0 Å². The number of ether oxygens (including phenoxy) is 3. The molecule has 0 saturated heterocycles. The number of esters is 1. The molecule has 0 saturated carbocycles. The lowest BCUT2D eigenvalue weighted by Gasteiger charge is -2.09. The molecule has 0 amide bonds. The van der Waals surface area contributed by atoms with E-state index in [1.54, 1.807) is 25.3 Å². The second-order valence-electron chi connectivity index (χ2n) is 4.27. The smallest absolute Gasteiger partial charge is 0.342 e. The van der Waals surface area contributed by atoms with E-state index in [1.807, 2.05) is 24.3 Å². The minimum absolute atomic E-state index is 0.155. The van der Waals surface area contributed by atoms with Crippen LogP contribution in [0.2, 0.25) is 5.02 Å². The number of carbonyl (C=O) groups is 1. The highest BCUT2D eigenvalue weighted by Crippen LogP contribution is 2.24. The van der Waals surface area contributed by atoms with Gasteiger partial charge >= 0.3 is 5.97 Å². The molecule has 4 nitrogen and oxygen atoms in total. The van der Waals surface area contributed by atoms with Crippen LogP contribution >= 0.6 is 11.6 Å². The van der Waals surface area contributed by atoms with E-state index in [4.69, 9.17) is 25.8 Å². The molecule has 0 aliphatic carbocycles. The molecule has 0 N–H and O–H groups in total. The van der Waals surface area contributed by atoms with Crippen LogP contribution in [-0.4, -0.2) is 20.2 Å². The quantitative estimate of drug-likeness (QED) is 0.790. The van der Waals surface area contributed by atoms with Crippen LogP contribution < -0.4 is 9.47 Å². The van der Waals surface area contributed by atoms with Gasteiger partial charge in [0, 0.05) is 5.02 Å². The van der Waals surface area contributed by atoms with E-state index < -0.39 is 5.97 Å². The average molecular weight is 307 g/mol. The molecule has 0 fully saturated rings. The SMILES string of the molecule is COc1cccc(COC(=O)c2ccc(Cl)cc2OC)c1. The second kappa shape index (κ2) is 6.99. The molecule has 2 aromatic carbocycles. The minimum atomic E-state index is -0.466. The fraction of sp³-hybridized carbons (Fsp3) is 0.188. The molecule has 0 spiro atoms. The Morgan fingerprint density at radius 2 is 1.90 bits per heavy atom. The monoisotopic (exact) mass is 306 g/mol. The van der Waals surface area contributed by atoms with Crippen LogP contribution in [0.5, 0.6) is 11.5 Å². The fourth-order valence-corrected chi connectivity index (χ4v) is 1.98. The molecule has 0 aliphatic rings. The summed E-state index contributed by atoms with van der Waals surface area (Å²) in [4.78, 5) is 12.1. The van der Waals surface area contributed by atoms with Gasteiger partial charge in [0.1, 0.15) is 23.7 Å². The number of carbonyl (C=O) groups excluding carboxylic acids is 1. The first-order valence-corrected chi connectivity index (χ1v) is 6.65. The third kappa shape index (κ3) is 3.89. The van der Waals surface area contributed by atoms with Crippen LogP contribution in [0.1, 0.15) is 15.9 Å². The highest BCUT2D eigenvalue weighted by Gasteiger charge is 2.14. The molecule has 2 aromatic rings. The predicted octanol–water partition coefficient (Wildman–Crippen LogP) is 3.71. The summed E-state index contributed by atoms with van der Waals surface area (Å²) in [6, 6.07) is 12.1. The molecular weight excluding hydrogens is 292 g/mol. The molecule has 0 aliphatic heterocycles. The summed E-state index contributed by atoms with van der Waals surface area (Å²) in [6.07, 6.45) is 0. The van der Waals surface area contributed by atoms with E-state index in [9.17, 15) is 4.79 Å². The highest BCUT2D eigenvalue weighted by molar-refractivity contribution is 6.30. The van der Waals surface area contributed by atoms with Gasteiger partial charge in [0.2, 0.25) is 0 Å². The Hall–Kier alpha value is -2.20. The molecule has 2 rings (SSSR count). The van der Waals surface area contributed by atoms with Gasteiger partial charge < -0.3 is 14.2 Å². The van der Waals surface area contributed by atoms with Crippen LogP contribution in [-0.2, 0) is 11.3 Å². The zero-order valence-corrected chi connectivity index (χ0v) is 12.5. The number of halogens is 1. The number of hydrogen-bond acceptors (Lipinski definition) is 4. The number of methoxy groups -OCH3 is 2. The van der Waals surface area contributed by atoms with Crippen molar-refractivity contribution in [3.8, 4) is 11.5 Å². The van der Waals surface area contributed by atoms with Crippen molar-refractivity contribution in [2.24, 2.45) is 0 Å². The minimum Gasteiger partial charge on any atom is -0.497 e. The maximum Gasteiger partial charge on any atom is 0.342 e. The van der Waals surface area contributed by atoms with E-state index >= 15 is 0 Å². The summed E-state index contributed by atoms with van der Waals surface area (Å²) in [7, 11) is 3.06. The Morgan fingerprint density at radius 3 is 2.62 bits per heavy atom. The van der Waals surface area contributed by atoms with Gasteiger partial charge in [0.15, 0.2) is 0 Å². The first kappa shape index (κ1) is 15.2. The van der Waals surface area contributed by atoms with Gasteiger partial charge in [-0.15, -0.1) is 0 Å². The van der Waals surface area contributed by atoms with Crippen molar-refractivity contribution < 1.29 is 19.0 Å².